The summed E-state index contributed by atoms with van der Waals surface area (Å²) in [5.41, 5.74) is 1.06. The van der Waals surface area contributed by atoms with Gasteiger partial charge in [-0.3, -0.25) is 14.4 Å². The minimum absolute atomic E-state index is 0.0169. The quantitative estimate of drug-likeness (QED) is 0.566. The van der Waals surface area contributed by atoms with Gasteiger partial charge in [0, 0.05) is 29.2 Å². The lowest BCUT2D eigenvalue weighted by Gasteiger charge is -2.08. The van der Waals surface area contributed by atoms with Gasteiger partial charge in [-0.15, -0.1) is 0 Å². The van der Waals surface area contributed by atoms with Crippen LogP contribution < -0.4 is 10.6 Å². The summed E-state index contributed by atoms with van der Waals surface area (Å²) in [5, 5.41) is 6.51. The zero-order valence-electron chi connectivity index (χ0n) is 14.6. The number of amides is 2. The van der Waals surface area contributed by atoms with Gasteiger partial charge in [0.15, 0.2) is 6.61 Å². The molecule has 2 aromatic carbocycles. The molecule has 0 aliphatic carbocycles. The first-order valence-electron chi connectivity index (χ1n) is 8.29. The first kappa shape index (κ1) is 22.0. The normalized spacial score (nSPS) is 10.2. The third kappa shape index (κ3) is 7.76. The van der Waals surface area contributed by atoms with E-state index < -0.39 is 18.5 Å². The van der Waals surface area contributed by atoms with Gasteiger partial charge in [0.25, 0.3) is 5.91 Å². The lowest BCUT2D eigenvalue weighted by atomic mass is 10.2. The van der Waals surface area contributed by atoms with E-state index in [0.717, 1.165) is 0 Å². The fourth-order valence-electron chi connectivity index (χ4n) is 2.14. The van der Waals surface area contributed by atoms with E-state index in [1.807, 2.05) is 0 Å². The highest BCUT2D eigenvalue weighted by atomic mass is 35.5. The van der Waals surface area contributed by atoms with E-state index in [2.05, 4.69) is 10.6 Å². The van der Waals surface area contributed by atoms with Crippen LogP contribution in [0.15, 0.2) is 42.5 Å². The van der Waals surface area contributed by atoms with E-state index in [1.54, 1.807) is 36.4 Å². The lowest BCUT2D eigenvalue weighted by Crippen LogP contribution is -2.21. The molecule has 0 saturated heterocycles. The number of ether oxygens (including phenoxy) is 1. The van der Waals surface area contributed by atoms with Crippen molar-refractivity contribution in [3.05, 3.63) is 57.5 Å². The van der Waals surface area contributed by atoms with Gasteiger partial charge in [-0.2, -0.15) is 0 Å². The topological polar surface area (TPSA) is 84.5 Å². The van der Waals surface area contributed by atoms with E-state index >= 15 is 0 Å². The van der Waals surface area contributed by atoms with Gasteiger partial charge in [0.2, 0.25) is 5.91 Å². The third-order valence-corrected chi connectivity index (χ3v) is 4.47. The van der Waals surface area contributed by atoms with E-state index in [4.69, 9.17) is 39.5 Å². The largest absolute Gasteiger partial charge is 0.456 e. The van der Waals surface area contributed by atoms with Gasteiger partial charge >= 0.3 is 5.97 Å². The van der Waals surface area contributed by atoms with Gasteiger partial charge < -0.3 is 15.4 Å². The number of halogens is 3. The number of benzene rings is 2. The van der Waals surface area contributed by atoms with Crippen molar-refractivity contribution in [2.45, 2.75) is 19.3 Å². The van der Waals surface area contributed by atoms with E-state index in [1.165, 1.54) is 6.07 Å². The average molecular weight is 444 g/mol. The summed E-state index contributed by atoms with van der Waals surface area (Å²) in [4.78, 5) is 35.3. The molecule has 0 heterocycles. The van der Waals surface area contributed by atoms with Crippen molar-refractivity contribution >= 4 is 64.0 Å². The van der Waals surface area contributed by atoms with Crippen molar-refractivity contribution < 1.29 is 19.1 Å². The Morgan fingerprint density at radius 2 is 1.43 bits per heavy atom. The van der Waals surface area contributed by atoms with E-state index in [0.29, 0.717) is 26.4 Å². The van der Waals surface area contributed by atoms with Crippen LogP contribution in [0, 0.1) is 0 Å². The maximum atomic E-state index is 11.9. The summed E-state index contributed by atoms with van der Waals surface area (Å²) in [6, 6.07) is 11.3. The van der Waals surface area contributed by atoms with Crippen LogP contribution in [0.1, 0.15) is 19.3 Å². The van der Waals surface area contributed by atoms with Crippen molar-refractivity contribution in [2.24, 2.45) is 0 Å². The molecule has 28 heavy (non-hydrogen) atoms. The fourth-order valence-corrected chi connectivity index (χ4v) is 2.56. The van der Waals surface area contributed by atoms with Crippen LogP contribution in [0.5, 0.6) is 0 Å². The number of hydrogen-bond acceptors (Lipinski definition) is 4. The smallest absolute Gasteiger partial charge is 0.306 e. The van der Waals surface area contributed by atoms with Gasteiger partial charge in [-0.25, -0.2) is 0 Å². The molecule has 0 spiro atoms. The van der Waals surface area contributed by atoms with Crippen molar-refractivity contribution in [3.63, 3.8) is 0 Å². The van der Waals surface area contributed by atoms with E-state index in [-0.39, 0.29) is 25.2 Å². The molecule has 0 radical (unpaired) electrons. The lowest BCUT2D eigenvalue weighted by molar-refractivity contribution is -0.147. The number of carbonyl (C=O) groups excluding carboxylic acids is 3. The molecule has 6 nitrogen and oxygen atoms in total. The van der Waals surface area contributed by atoms with Crippen LogP contribution in [0.2, 0.25) is 15.1 Å². The molecule has 0 unspecified atom stereocenters. The standard InChI is InChI=1S/C19H17Cl3N2O4/c20-12-4-6-13(7-5-12)23-18(26)11-28-19(27)3-1-2-17(25)24-14-8-9-15(21)16(22)10-14/h4-10H,1-3,11H2,(H,23,26)(H,24,25). The van der Waals surface area contributed by atoms with Crippen molar-refractivity contribution in [2.75, 3.05) is 17.2 Å². The summed E-state index contributed by atoms with van der Waals surface area (Å²) >= 11 is 17.4. The Labute approximate surface area is 177 Å². The molecule has 2 amide bonds. The number of esters is 1. The molecule has 0 fully saturated rings. The van der Waals surface area contributed by atoms with Crippen molar-refractivity contribution in [1.29, 1.82) is 0 Å². The maximum Gasteiger partial charge on any atom is 0.306 e. The SMILES string of the molecule is O=C(CCCC(=O)OCC(=O)Nc1ccc(Cl)cc1)Nc1ccc(Cl)c(Cl)c1. The first-order valence-corrected chi connectivity index (χ1v) is 9.43. The number of hydrogen-bond donors (Lipinski definition) is 2. The summed E-state index contributed by atoms with van der Waals surface area (Å²) < 4.78 is 4.89. The van der Waals surface area contributed by atoms with Crippen LogP contribution in [-0.4, -0.2) is 24.4 Å². The Morgan fingerprint density at radius 1 is 0.786 bits per heavy atom. The summed E-state index contributed by atoms with van der Waals surface area (Å²) in [6.07, 6.45) is 0.417. The highest BCUT2D eigenvalue weighted by Gasteiger charge is 2.10. The molecule has 0 saturated carbocycles. The Hall–Kier alpha value is -2.28. The molecule has 2 aromatic rings. The first-order chi connectivity index (χ1) is 13.3. The second-order valence-electron chi connectivity index (χ2n) is 5.75. The third-order valence-electron chi connectivity index (χ3n) is 3.48. The Bertz CT molecular complexity index is 857. The molecule has 0 aromatic heterocycles. The molecule has 148 valence electrons. The predicted molar refractivity (Wildman–Crippen MR) is 110 cm³/mol. The average Bonchev–Trinajstić information content (AvgIpc) is 2.65. The minimum atomic E-state index is -0.561. The number of rotatable bonds is 8. The number of anilines is 2. The van der Waals surface area contributed by atoms with Crippen LogP contribution in [-0.2, 0) is 19.1 Å². The Morgan fingerprint density at radius 3 is 2.11 bits per heavy atom. The molecule has 0 bridgehead atoms. The van der Waals surface area contributed by atoms with Crippen LogP contribution in [0.25, 0.3) is 0 Å². The molecule has 9 heteroatoms. The van der Waals surface area contributed by atoms with Gasteiger partial charge in [0.1, 0.15) is 0 Å². The van der Waals surface area contributed by atoms with Crippen LogP contribution in [0.4, 0.5) is 11.4 Å². The molecule has 2 N–H and O–H groups in total. The summed E-state index contributed by atoms with van der Waals surface area (Å²) in [5.74, 6) is -1.30. The molecule has 0 aliphatic rings. The number of carbonyl (C=O) groups is 3. The molecule has 0 aliphatic heterocycles. The predicted octanol–water partition coefficient (Wildman–Crippen LogP) is 4.94. The van der Waals surface area contributed by atoms with Crippen molar-refractivity contribution in [3.8, 4) is 0 Å². The monoisotopic (exact) mass is 442 g/mol. The van der Waals surface area contributed by atoms with E-state index in [9.17, 15) is 14.4 Å². The van der Waals surface area contributed by atoms with Crippen LogP contribution in [0.3, 0.4) is 0 Å². The second-order valence-corrected chi connectivity index (χ2v) is 7.00. The maximum absolute atomic E-state index is 11.9. The zero-order chi connectivity index (χ0) is 20.5. The molecule has 2 rings (SSSR count). The second kappa shape index (κ2) is 10.9. The van der Waals surface area contributed by atoms with Crippen LogP contribution >= 0.6 is 34.8 Å². The Balaban J connectivity index is 1.63. The number of nitrogens with one attached hydrogen (secondary N) is 2. The van der Waals surface area contributed by atoms with Gasteiger partial charge in [0.05, 0.1) is 10.0 Å². The molecule has 0 atom stereocenters. The minimum Gasteiger partial charge on any atom is -0.456 e. The summed E-state index contributed by atoms with van der Waals surface area (Å²) in [7, 11) is 0. The highest BCUT2D eigenvalue weighted by Crippen LogP contribution is 2.25. The molecular weight excluding hydrogens is 427 g/mol. The fraction of sp³-hybridized carbons (Fsp3) is 0.211. The molecular formula is C19H17Cl3N2O4. The summed E-state index contributed by atoms with van der Waals surface area (Å²) in [6.45, 7) is -0.406. The highest BCUT2D eigenvalue weighted by molar-refractivity contribution is 6.42. The zero-order valence-corrected chi connectivity index (χ0v) is 16.9. The Kier molecular flexibility index (Phi) is 8.57. The van der Waals surface area contributed by atoms with Crippen molar-refractivity contribution in [1.82, 2.24) is 0 Å². The van der Waals surface area contributed by atoms with Gasteiger partial charge in [-0.05, 0) is 48.9 Å². The van der Waals surface area contributed by atoms with Gasteiger partial charge in [-0.1, -0.05) is 34.8 Å².